The molecule has 0 radical (unpaired) electrons. The molecular weight excluding hydrogens is 310 g/mol. The van der Waals surface area contributed by atoms with E-state index in [1.165, 1.54) is 18.3 Å². The van der Waals surface area contributed by atoms with E-state index >= 15 is 0 Å². The Balaban J connectivity index is 1.97. The van der Waals surface area contributed by atoms with Gasteiger partial charge in [-0.05, 0) is 30.5 Å². The van der Waals surface area contributed by atoms with E-state index in [1.54, 1.807) is 11.3 Å². The summed E-state index contributed by atoms with van der Waals surface area (Å²) < 4.78 is 22.6. The summed E-state index contributed by atoms with van der Waals surface area (Å²) in [5.41, 5.74) is 0.429. The van der Waals surface area contributed by atoms with Crippen molar-refractivity contribution in [1.82, 2.24) is 10.3 Å². The Bertz CT molecular complexity index is 710. The van der Waals surface area contributed by atoms with Crippen LogP contribution in [0.25, 0.3) is 0 Å². The second kappa shape index (κ2) is 6.23. The fourth-order valence-corrected chi connectivity index (χ4v) is 2.94. The molecule has 2 aromatic rings. The summed E-state index contributed by atoms with van der Waals surface area (Å²) in [6, 6.07) is 6.24. The Morgan fingerprint density at radius 2 is 2.10 bits per heavy atom. The van der Waals surface area contributed by atoms with Crippen molar-refractivity contribution in [2.75, 3.05) is 11.6 Å². The molecule has 0 unspecified atom stereocenters. The Hall–Kier alpha value is -1.93. The quantitative estimate of drug-likeness (QED) is 0.903. The molecule has 2 rings (SSSR count). The molecule has 0 aliphatic carbocycles. The van der Waals surface area contributed by atoms with Gasteiger partial charge in [-0.15, -0.1) is 11.3 Å². The molecule has 0 fully saturated rings. The predicted molar refractivity (Wildman–Crippen MR) is 82.2 cm³/mol. The van der Waals surface area contributed by atoms with Gasteiger partial charge in [0, 0.05) is 11.1 Å². The number of pyridine rings is 1. The minimum absolute atomic E-state index is 0.0274. The van der Waals surface area contributed by atoms with Gasteiger partial charge in [0.2, 0.25) is 0 Å². The van der Waals surface area contributed by atoms with Crippen LogP contribution in [0.4, 0.5) is 10.5 Å². The summed E-state index contributed by atoms with van der Waals surface area (Å²) in [7, 11) is -3.33. The molecule has 2 N–H and O–H groups in total. The minimum Gasteiger partial charge on any atom is -0.331 e. The van der Waals surface area contributed by atoms with Crippen LogP contribution >= 0.6 is 11.3 Å². The van der Waals surface area contributed by atoms with Crippen molar-refractivity contribution < 1.29 is 13.2 Å². The van der Waals surface area contributed by atoms with Crippen molar-refractivity contribution in [3.8, 4) is 0 Å². The first-order valence-electron chi connectivity index (χ1n) is 6.13. The third kappa shape index (κ3) is 4.27. The molecule has 8 heteroatoms. The summed E-state index contributed by atoms with van der Waals surface area (Å²) in [6.45, 7) is 1.89. The highest BCUT2D eigenvalue weighted by molar-refractivity contribution is 7.90. The van der Waals surface area contributed by atoms with E-state index < -0.39 is 9.84 Å². The first-order chi connectivity index (χ1) is 9.86. The number of hydrogen-bond donors (Lipinski definition) is 2. The monoisotopic (exact) mass is 325 g/mol. The number of anilines is 1. The molecule has 21 heavy (non-hydrogen) atoms. The molecule has 112 valence electrons. The van der Waals surface area contributed by atoms with Gasteiger partial charge in [0.25, 0.3) is 0 Å². The third-order valence-electron chi connectivity index (χ3n) is 2.69. The van der Waals surface area contributed by atoms with Gasteiger partial charge in [-0.25, -0.2) is 18.2 Å². The minimum atomic E-state index is -3.33. The van der Waals surface area contributed by atoms with Crippen molar-refractivity contribution in [2.45, 2.75) is 18.0 Å². The number of sulfone groups is 1. The number of hydrogen-bond acceptors (Lipinski definition) is 5. The summed E-state index contributed by atoms with van der Waals surface area (Å²) in [5, 5.41) is 7.32. The molecule has 2 amide bonds. The Morgan fingerprint density at radius 3 is 2.62 bits per heavy atom. The Labute approximate surface area is 127 Å². The van der Waals surface area contributed by atoms with E-state index in [4.69, 9.17) is 0 Å². The van der Waals surface area contributed by atoms with Crippen molar-refractivity contribution >= 4 is 32.9 Å². The van der Waals surface area contributed by atoms with Gasteiger partial charge in [-0.2, -0.15) is 0 Å². The maximum atomic E-state index is 11.8. The van der Waals surface area contributed by atoms with Gasteiger partial charge in [0.1, 0.15) is 0 Å². The average Bonchev–Trinajstić information content (AvgIpc) is 2.92. The van der Waals surface area contributed by atoms with Crippen molar-refractivity contribution in [2.24, 2.45) is 0 Å². The fraction of sp³-hybridized carbons (Fsp3) is 0.231. The molecule has 0 saturated carbocycles. The number of aromatic nitrogens is 1. The normalized spacial score (nSPS) is 12.7. The SMILES string of the molecule is C[C@@H](NC(=O)Nc1ccc(S(C)(=O)=O)nc1)c1cccs1. The van der Waals surface area contributed by atoms with Crippen molar-refractivity contribution in [3.63, 3.8) is 0 Å². The third-order valence-corrected chi connectivity index (χ3v) is 4.75. The summed E-state index contributed by atoms with van der Waals surface area (Å²) in [4.78, 5) is 16.7. The largest absolute Gasteiger partial charge is 0.331 e. The number of carbonyl (C=O) groups is 1. The van der Waals surface area contributed by atoms with Gasteiger partial charge in [-0.1, -0.05) is 6.07 Å². The number of nitrogens with one attached hydrogen (secondary N) is 2. The highest BCUT2D eigenvalue weighted by atomic mass is 32.2. The fourth-order valence-electron chi connectivity index (χ4n) is 1.65. The first-order valence-corrected chi connectivity index (χ1v) is 8.90. The highest BCUT2D eigenvalue weighted by Crippen LogP contribution is 2.18. The van der Waals surface area contributed by atoms with Crippen LogP contribution in [0.1, 0.15) is 17.8 Å². The van der Waals surface area contributed by atoms with Crippen LogP contribution < -0.4 is 10.6 Å². The summed E-state index contributed by atoms with van der Waals surface area (Å²) in [5.74, 6) is 0. The first kappa shape index (κ1) is 15.5. The molecule has 0 aromatic carbocycles. The van der Waals surface area contributed by atoms with Crippen LogP contribution in [0.3, 0.4) is 0 Å². The van der Waals surface area contributed by atoms with Crippen LogP contribution in [-0.4, -0.2) is 25.7 Å². The number of thiophene rings is 1. The molecule has 0 aliphatic rings. The lowest BCUT2D eigenvalue weighted by atomic mass is 10.3. The second-order valence-corrected chi connectivity index (χ2v) is 7.43. The summed E-state index contributed by atoms with van der Waals surface area (Å²) in [6.07, 6.45) is 2.39. The molecule has 2 heterocycles. The zero-order chi connectivity index (χ0) is 15.5. The number of urea groups is 1. The maximum absolute atomic E-state index is 11.8. The highest BCUT2D eigenvalue weighted by Gasteiger charge is 2.12. The molecule has 0 bridgehead atoms. The van der Waals surface area contributed by atoms with E-state index in [1.807, 2.05) is 24.4 Å². The van der Waals surface area contributed by atoms with Crippen molar-refractivity contribution in [3.05, 3.63) is 40.7 Å². The Morgan fingerprint density at radius 1 is 1.33 bits per heavy atom. The van der Waals surface area contributed by atoms with E-state index in [0.29, 0.717) is 5.69 Å². The lowest BCUT2D eigenvalue weighted by molar-refractivity contribution is 0.249. The second-order valence-electron chi connectivity index (χ2n) is 4.49. The number of amides is 2. The summed E-state index contributed by atoms with van der Waals surface area (Å²) >= 11 is 1.56. The number of rotatable bonds is 4. The van der Waals surface area contributed by atoms with Crippen LogP contribution in [0.15, 0.2) is 40.9 Å². The van der Waals surface area contributed by atoms with E-state index in [0.717, 1.165) is 11.1 Å². The molecule has 2 aromatic heterocycles. The maximum Gasteiger partial charge on any atom is 0.319 e. The molecule has 1 atom stereocenters. The van der Waals surface area contributed by atoms with E-state index in [-0.39, 0.29) is 17.1 Å². The van der Waals surface area contributed by atoms with E-state index in [2.05, 4.69) is 15.6 Å². The smallest absolute Gasteiger partial charge is 0.319 e. The average molecular weight is 325 g/mol. The van der Waals surface area contributed by atoms with Gasteiger partial charge in [0.05, 0.1) is 17.9 Å². The molecule has 0 saturated heterocycles. The van der Waals surface area contributed by atoms with Crippen LogP contribution in [0.2, 0.25) is 0 Å². The van der Waals surface area contributed by atoms with Gasteiger partial charge >= 0.3 is 6.03 Å². The van der Waals surface area contributed by atoms with Gasteiger partial charge in [-0.3, -0.25) is 0 Å². The zero-order valence-electron chi connectivity index (χ0n) is 11.5. The number of carbonyl (C=O) groups excluding carboxylic acids is 1. The van der Waals surface area contributed by atoms with Crippen molar-refractivity contribution in [1.29, 1.82) is 0 Å². The molecule has 0 spiro atoms. The predicted octanol–water partition coefficient (Wildman–Crippen LogP) is 2.43. The lowest BCUT2D eigenvalue weighted by Gasteiger charge is -2.13. The molecular formula is C13H15N3O3S2. The van der Waals surface area contributed by atoms with Crippen LogP contribution in [-0.2, 0) is 9.84 Å². The van der Waals surface area contributed by atoms with Crippen LogP contribution in [0, 0.1) is 0 Å². The van der Waals surface area contributed by atoms with E-state index in [9.17, 15) is 13.2 Å². The van der Waals surface area contributed by atoms with Crippen LogP contribution in [0.5, 0.6) is 0 Å². The van der Waals surface area contributed by atoms with Gasteiger partial charge in [0.15, 0.2) is 14.9 Å². The zero-order valence-corrected chi connectivity index (χ0v) is 13.2. The van der Waals surface area contributed by atoms with Gasteiger partial charge < -0.3 is 10.6 Å². The lowest BCUT2D eigenvalue weighted by Crippen LogP contribution is -2.30. The number of nitrogens with zero attached hydrogens (tertiary/aromatic N) is 1. The molecule has 6 nitrogen and oxygen atoms in total. The molecule has 0 aliphatic heterocycles. The Kier molecular flexibility index (Phi) is 4.59. The standard InChI is InChI=1S/C13H15N3O3S2/c1-9(11-4-3-7-20-11)15-13(17)16-10-5-6-12(14-8-10)21(2,18)19/h3-9H,1-2H3,(H2,15,16,17)/t9-/m1/s1. The topological polar surface area (TPSA) is 88.2 Å².